The number of rotatable bonds is 4. The van der Waals surface area contributed by atoms with Crippen LogP contribution < -0.4 is 4.74 Å². The van der Waals surface area contributed by atoms with Crippen molar-refractivity contribution in [2.24, 2.45) is 7.05 Å². The minimum atomic E-state index is -0.252. The summed E-state index contributed by atoms with van der Waals surface area (Å²) in [5.41, 5.74) is 0.568. The topological polar surface area (TPSA) is 82.4 Å². The van der Waals surface area contributed by atoms with Crippen LogP contribution in [0.1, 0.15) is 41.5 Å². The van der Waals surface area contributed by atoms with Crippen molar-refractivity contribution in [3.05, 3.63) is 36.0 Å². The van der Waals surface area contributed by atoms with E-state index in [2.05, 4.69) is 15.1 Å². The van der Waals surface area contributed by atoms with Gasteiger partial charge < -0.3 is 14.4 Å². The average Bonchev–Trinajstić information content (AvgIpc) is 3.04. The standard InChI is InChI=1S/C17H21N5O3/c1-21-16(19-11-20-21)14-10-24-8-7-22(14)17(23)12-5-6-18-15(9-12)25-13-3-2-4-13/h5-6,9,11,13-14H,2-4,7-8,10H2,1H3. The summed E-state index contributed by atoms with van der Waals surface area (Å²) in [7, 11) is 1.82. The second-order valence-electron chi connectivity index (χ2n) is 6.38. The molecule has 132 valence electrons. The Morgan fingerprint density at radius 3 is 2.96 bits per heavy atom. The fraction of sp³-hybridized carbons (Fsp3) is 0.529. The first-order valence-corrected chi connectivity index (χ1v) is 8.57. The van der Waals surface area contributed by atoms with Crippen LogP contribution in [0.25, 0.3) is 0 Å². The van der Waals surface area contributed by atoms with Gasteiger partial charge in [0.05, 0.1) is 13.2 Å². The smallest absolute Gasteiger partial charge is 0.254 e. The number of hydrogen-bond acceptors (Lipinski definition) is 6. The molecular formula is C17H21N5O3. The maximum Gasteiger partial charge on any atom is 0.254 e. The Hall–Kier alpha value is -2.48. The van der Waals surface area contributed by atoms with Gasteiger partial charge in [0.1, 0.15) is 18.5 Å². The fourth-order valence-corrected chi connectivity index (χ4v) is 3.10. The van der Waals surface area contributed by atoms with E-state index in [-0.39, 0.29) is 18.1 Å². The number of amides is 1. The summed E-state index contributed by atoms with van der Waals surface area (Å²) in [6, 6.07) is 3.20. The highest BCUT2D eigenvalue weighted by Crippen LogP contribution is 2.27. The lowest BCUT2D eigenvalue weighted by Crippen LogP contribution is -2.44. The molecule has 1 aliphatic heterocycles. The Balaban J connectivity index is 1.56. The molecule has 0 bridgehead atoms. The number of ether oxygens (including phenoxy) is 2. The summed E-state index contributed by atoms with van der Waals surface area (Å²) in [6.45, 7) is 1.43. The van der Waals surface area contributed by atoms with Crippen LogP contribution in [0.3, 0.4) is 0 Å². The summed E-state index contributed by atoms with van der Waals surface area (Å²) >= 11 is 0. The average molecular weight is 343 g/mol. The molecule has 1 saturated heterocycles. The molecule has 1 saturated carbocycles. The summed E-state index contributed by atoms with van der Waals surface area (Å²) < 4.78 is 13.1. The van der Waals surface area contributed by atoms with Crippen molar-refractivity contribution in [1.82, 2.24) is 24.6 Å². The van der Waals surface area contributed by atoms with Gasteiger partial charge in [-0.05, 0) is 25.3 Å². The van der Waals surface area contributed by atoms with Gasteiger partial charge in [-0.2, -0.15) is 5.10 Å². The Kier molecular flexibility index (Phi) is 4.35. The highest BCUT2D eigenvalue weighted by Gasteiger charge is 2.32. The van der Waals surface area contributed by atoms with Crippen LogP contribution in [-0.4, -0.2) is 56.4 Å². The highest BCUT2D eigenvalue weighted by atomic mass is 16.5. The number of aromatic nitrogens is 4. The molecule has 2 aliphatic rings. The van der Waals surface area contributed by atoms with Crippen LogP contribution >= 0.6 is 0 Å². The Labute approximate surface area is 145 Å². The molecule has 3 heterocycles. The zero-order chi connectivity index (χ0) is 17.2. The van der Waals surface area contributed by atoms with E-state index < -0.39 is 0 Å². The van der Waals surface area contributed by atoms with Gasteiger partial charge in [0, 0.05) is 31.4 Å². The minimum Gasteiger partial charge on any atom is -0.474 e. The molecule has 1 aliphatic carbocycles. The van der Waals surface area contributed by atoms with E-state index in [1.165, 1.54) is 12.7 Å². The Morgan fingerprint density at radius 1 is 1.36 bits per heavy atom. The largest absolute Gasteiger partial charge is 0.474 e. The first-order valence-electron chi connectivity index (χ1n) is 8.57. The van der Waals surface area contributed by atoms with E-state index >= 15 is 0 Å². The number of carbonyl (C=O) groups is 1. The van der Waals surface area contributed by atoms with Crippen LogP contribution in [0.4, 0.5) is 0 Å². The van der Waals surface area contributed by atoms with Gasteiger partial charge >= 0.3 is 0 Å². The first kappa shape index (κ1) is 16.0. The summed E-state index contributed by atoms with van der Waals surface area (Å²) in [5, 5.41) is 4.10. The van der Waals surface area contributed by atoms with E-state index in [4.69, 9.17) is 9.47 Å². The molecule has 8 heteroatoms. The van der Waals surface area contributed by atoms with Gasteiger partial charge in [-0.25, -0.2) is 9.97 Å². The molecule has 2 aromatic rings. The van der Waals surface area contributed by atoms with Gasteiger partial charge in [-0.1, -0.05) is 0 Å². The Morgan fingerprint density at radius 2 is 2.24 bits per heavy atom. The van der Waals surface area contributed by atoms with Crippen molar-refractivity contribution in [3.63, 3.8) is 0 Å². The van der Waals surface area contributed by atoms with Crippen molar-refractivity contribution in [2.75, 3.05) is 19.8 Å². The first-order chi connectivity index (χ1) is 12.2. The summed E-state index contributed by atoms with van der Waals surface area (Å²) in [6.07, 6.45) is 6.64. The predicted octanol–water partition coefficient (Wildman–Crippen LogP) is 1.36. The normalized spacial score (nSPS) is 21.0. The molecule has 2 fully saturated rings. The van der Waals surface area contributed by atoms with Gasteiger partial charge in [-0.15, -0.1) is 0 Å². The van der Waals surface area contributed by atoms with Crippen LogP contribution in [0.15, 0.2) is 24.7 Å². The highest BCUT2D eigenvalue weighted by molar-refractivity contribution is 5.94. The van der Waals surface area contributed by atoms with Crippen LogP contribution in [0.2, 0.25) is 0 Å². The predicted molar refractivity (Wildman–Crippen MR) is 88.1 cm³/mol. The summed E-state index contributed by atoms with van der Waals surface area (Å²) in [4.78, 5) is 23.4. The maximum atomic E-state index is 13.1. The fourth-order valence-electron chi connectivity index (χ4n) is 3.10. The zero-order valence-electron chi connectivity index (χ0n) is 14.2. The molecule has 2 aromatic heterocycles. The zero-order valence-corrected chi connectivity index (χ0v) is 14.2. The van der Waals surface area contributed by atoms with E-state index in [0.717, 1.165) is 12.8 Å². The third-order valence-corrected chi connectivity index (χ3v) is 4.76. The lowest BCUT2D eigenvalue weighted by Gasteiger charge is -2.35. The molecule has 8 nitrogen and oxygen atoms in total. The van der Waals surface area contributed by atoms with Gasteiger partial charge in [-0.3, -0.25) is 9.48 Å². The van der Waals surface area contributed by atoms with E-state index in [1.807, 2.05) is 7.05 Å². The number of pyridine rings is 1. The molecule has 1 atom stereocenters. The second-order valence-corrected chi connectivity index (χ2v) is 6.38. The summed E-state index contributed by atoms with van der Waals surface area (Å²) in [5.74, 6) is 1.16. The lowest BCUT2D eigenvalue weighted by atomic mass is 9.96. The maximum absolute atomic E-state index is 13.1. The number of nitrogens with zero attached hydrogens (tertiary/aromatic N) is 5. The molecule has 0 N–H and O–H groups in total. The SMILES string of the molecule is Cn1ncnc1C1COCCN1C(=O)c1ccnc(OC2CCC2)c1. The van der Waals surface area contributed by atoms with Crippen molar-refractivity contribution < 1.29 is 14.3 Å². The van der Waals surface area contributed by atoms with Crippen molar-refractivity contribution in [1.29, 1.82) is 0 Å². The van der Waals surface area contributed by atoms with Crippen molar-refractivity contribution >= 4 is 5.91 Å². The molecule has 0 spiro atoms. The quantitative estimate of drug-likeness (QED) is 0.833. The van der Waals surface area contributed by atoms with E-state index in [9.17, 15) is 4.79 Å². The minimum absolute atomic E-state index is 0.0721. The molecule has 1 amide bonds. The third kappa shape index (κ3) is 3.21. The van der Waals surface area contributed by atoms with Crippen LogP contribution in [0, 0.1) is 0 Å². The van der Waals surface area contributed by atoms with Crippen LogP contribution in [-0.2, 0) is 11.8 Å². The molecule has 25 heavy (non-hydrogen) atoms. The van der Waals surface area contributed by atoms with E-state index in [1.54, 1.807) is 27.9 Å². The molecule has 1 unspecified atom stereocenters. The van der Waals surface area contributed by atoms with Gasteiger partial charge in [0.2, 0.25) is 5.88 Å². The lowest BCUT2D eigenvalue weighted by molar-refractivity contribution is -0.00623. The monoisotopic (exact) mass is 343 g/mol. The van der Waals surface area contributed by atoms with Gasteiger partial charge in [0.15, 0.2) is 5.82 Å². The third-order valence-electron chi connectivity index (χ3n) is 4.76. The molecule has 4 rings (SSSR count). The molecule has 0 radical (unpaired) electrons. The van der Waals surface area contributed by atoms with Crippen molar-refractivity contribution in [2.45, 2.75) is 31.4 Å². The number of hydrogen-bond donors (Lipinski definition) is 0. The number of carbonyl (C=O) groups excluding carboxylic acids is 1. The number of morpholine rings is 1. The van der Waals surface area contributed by atoms with E-state index in [0.29, 0.717) is 37.0 Å². The second kappa shape index (κ2) is 6.79. The number of aryl methyl sites for hydroxylation is 1. The molecule has 0 aromatic carbocycles. The molecular weight excluding hydrogens is 322 g/mol. The van der Waals surface area contributed by atoms with Crippen LogP contribution in [0.5, 0.6) is 5.88 Å². The van der Waals surface area contributed by atoms with Crippen molar-refractivity contribution in [3.8, 4) is 5.88 Å². The Bertz CT molecular complexity index is 758. The van der Waals surface area contributed by atoms with Gasteiger partial charge in [0.25, 0.3) is 5.91 Å².